The average molecular weight is 204 g/mol. The molecule has 0 amide bonds. The standard InChI is InChI=1S/C12H16N2O/c1-8-6-10-12(13-7-8)15-11-5-3-4-9(11)14(10)2/h6-7,9,11H,3-5H2,1-2H3. The van der Waals surface area contributed by atoms with Gasteiger partial charge < -0.3 is 9.64 Å². The van der Waals surface area contributed by atoms with Crippen LogP contribution in [0.1, 0.15) is 24.8 Å². The maximum Gasteiger partial charge on any atom is 0.237 e. The van der Waals surface area contributed by atoms with Gasteiger partial charge in [-0.15, -0.1) is 0 Å². The van der Waals surface area contributed by atoms with Gasteiger partial charge in [0, 0.05) is 13.2 Å². The molecule has 1 aromatic rings. The second-order valence-corrected chi connectivity index (χ2v) is 4.60. The molecule has 1 aliphatic carbocycles. The molecule has 3 rings (SSSR count). The first-order chi connectivity index (χ1) is 7.25. The zero-order valence-corrected chi connectivity index (χ0v) is 9.23. The lowest BCUT2D eigenvalue weighted by Gasteiger charge is -2.37. The van der Waals surface area contributed by atoms with Crippen molar-refractivity contribution in [2.45, 2.75) is 38.3 Å². The minimum Gasteiger partial charge on any atom is -0.471 e. The van der Waals surface area contributed by atoms with Crippen LogP contribution in [0.3, 0.4) is 0 Å². The van der Waals surface area contributed by atoms with Crippen LogP contribution in [0.5, 0.6) is 5.88 Å². The van der Waals surface area contributed by atoms with Crippen molar-refractivity contribution < 1.29 is 4.74 Å². The van der Waals surface area contributed by atoms with Gasteiger partial charge >= 0.3 is 0 Å². The normalized spacial score (nSPS) is 28.3. The molecule has 1 saturated carbocycles. The zero-order valence-electron chi connectivity index (χ0n) is 9.23. The summed E-state index contributed by atoms with van der Waals surface area (Å²) in [6, 6.07) is 2.72. The highest BCUT2D eigenvalue weighted by atomic mass is 16.5. The Morgan fingerprint density at radius 1 is 1.47 bits per heavy atom. The number of rotatable bonds is 0. The van der Waals surface area contributed by atoms with Crippen molar-refractivity contribution in [3.05, 3.63) is 17.8 Å². The zero-order chi connectivity index (χ0) is 10.4. The number of ether oxygens (including phenoxy) is 1. The van der Waals surface area contributed by atoms with Crippen molar-refractivity contribution in [1.82, 2.24) is 4.98 Å². The van der Waals surface area contributed by atoms with E-state index in [1.807, 2.05) is 6.20 Å². The van der Waals surface area contributed by atoms with E-state index in [4.69, 9.17) is 4.74 Å². The predicted octanol–water partition coefficient (Wildman–Crippen LogP) is 2.14. The minimum atomic E-state index is 0.359. The summed E-state index contributed by atoms with van der Waals surface area (Å²) in [5.41, 5.74) is 2.35. The maximum absolute atomic E-state index is 5.93. The highest BCUT2D eigenvalue weighted by Crippen LogP contribution is 2.39. The molecule has 0 saturated heterocycles. The number of fused-ring (bicyclic) bond motifs is 2. The summed E-state index contributed by atoms with van der Waals surface area (Å²) < 4.78 is 5.93. The molecule has 80 valence electrons. The van der Waals surface area contributed by atoms with Crippen LogP contribution in [0.2, 0.25) is 0 Å². The molecular weight excluding hydrogens is 188 g/mol. The summed E-state index contributed by atoms with van der Waals surface area (Å²) in [6.45, 7) is 2.07. The topological polar surface area (TPSA) is 25.4 Å². The number of nitrogens with zero attached hydrogens (tertiary/aromatic N) is 2. The van der Waals surface area contributed by atoms with Crippen molar-refractivity contribution in [3.8, 4) is 5.88 Å². The fourth-order valence-electron chi connectivity index (χ4n) is 2.69. The minimum absolute atomic E-state index is 0.359. The smallest absolute Gasteiger partial charge is 0.237 e. The Bertz CT molecular complexity index is 391. The summed E-state index contributed by atoms with van der Waals surface area (Å²) in [5, 5.41) is 0. The summed E-state index contributed by atoms with van der Waals surface area (Å²) >= 11 is 0. The monoisotopic (exact) mass is 204 g/mol. The number of anilines is 1. The highest BCUT2D eigenvalue weighted by molar-refractivity contribution is 5.58. The lowest BCUT2D eigenvalue weighted by molar-refractivity contribution is 0.167. The van der Waals surface area contributed by atoms with Gasteiger partial charge in [-0.3, -0.25) is 0 Å². The molecule has 2 aliphatic rings. The summed E-state index contributed by atoms with van der Waals surface area (Å²) in [6.07, 6.45) is 5.92. The van der Waals surface area contributed by atoms with Crippen LogP contribution in [0.15, 0.2) is 12.3 Å². The molecule has 0 radical (unpaired) electrons. The molecule has 1 fully saturated rings. The van der Waals surface area contributed by atoms with E-state index >= 15 is 0 Å². The van der Waals surface area contributed by atoms with Crippen molar-refractivity contribution in [1.29, 1.82) is 0 Å². The first-order valence-electron chi connectivity index (χ1n) is 5.62. The number of pyridine rings is 1. The van der Waals surface area contributed by atoms with E-state index in [-0.39, 0.29) is 0 Å². The first-order valence-corrected chi connectivity index (χ1v) is 5.62. The van der Waals surface area contributed by atoms with Gasteiger partial charge in [0.25, 0.3) is 0 Å². The molecule has 1 aliphatic heterocycles. The molecule has 2 atom stereocenters. The summed E-state index contributed by atoms with van der Waals surface area (Å²) in [7, 11) is 2.16. The molecule has 3 nitrogen and oxygen atoms in total. The lowest BCUT2D eigenvalue weighted by atomic mass is 10.1. The van der Waals surface area contributed by atoms with Gasteiger partial charge in [-0.2, -0.15) is 0 Å². The van der Waals surface area contributed by atoms with Crippen molar-refractivity contribution in [3.63, 3.8) is 0 Å². The van der Waals surface area contributed by atoms with Crippen molar-refractivity contribution in [2.75, 3.05) is 11.9 Å². The number of aryl methyl sites for hydroxylation is 1. The Balaban J connectivity index is 2.05. The number of aromatic nitrogens is 1. The molecule has 0 spiro atoms. The molecule has 0 bridgehead atoms. The van der Waals surface area contributed by atoms with Gasteiger partial charge in [-0.25, -0.2) is 4.98 Å². The number of likely N-dealkylation sites (N-methyl/N-ethyl adjacent to an activating group) is 1. The third-order valence-corrected chi connectivity index (χ3v) is 3.53. The second-order valence-electron chi connectivity index (χ2n) is 4.60. The van der Waals surface area contributed by atoms with Crippen LogP contribution in [-0.4, -0.2) is 24.2 Å². The van der Waals surface area contributed by atoms with Crippen LogP contribution >= 0.6 is 0 Å². The van der Waals surface area contributed by atoms with Gasteiger partial charge in [-0.1, -0.05) is 0 Å². The Kier molecular flexibility index (Phi) is 1.87. The quantitative estimate of drug-likeness (QED) is 0.647. The average Bonchev–Trinajstić information content (AvgIpc) is 2.68. The predicted molar refractivity (Wildman–Crippen MR) is 59.4 cm³/mol. The van der Waals surface area contributed by atoms with E-state index in [2.05, 4.69) is 29.9 Å². The van der Waals surface area contributed by atoms with Gasteiger partial charge in [0.15, 0.2) is 0 Å². The fourth-order valence-corrected chi connectivity index (χ4v) is 2.69. The van der Waals surface area contributed by atoms with Gasteiger partial charge in [-0.05, 0) is 37.8 Å². The van der Waals surface area contributed by atoms with E-state index in [1.54, 1.807) is 0 Å². The molecule has 2 heterocycles. The van der Waals surface area contributed by atoms with Crippen LogP contribution in [0.4, 0.5) is 5.69 Å². The van der Waals surface area contributed by atoms with Crippen LogP contribution in [-0.2, 0) is 0 Å². The summed E-state index contributed by atoms with van der Waals surface area (Å²) in [5.74, 6) is 0.811. The van der Waals surface area contributed by atoms with Gasteiger partial charge in [0.05, 0.1) is 6.04 Å². The van der Waals surface area contributed by atoms with E-state index in [0.29, 0.717) is 12.1 Å². The van der Waals surface area contributed by atoms with Crippen LogP contribution in [0, 0.1) is 6.92 Å². The molecular formula is C12H16N2O. The third-order valence-electron chi connectivity index (χ3n) is 3.53. The van der Waals surface area contributed by atoms with Crippen molar-refractivity contribution >= 4 is 5.69 Å². The van der Waals surface area contributed by atoms with Crippen LogP contribution < -0.4 is 9.64 Å². The third kappa shape index (κ3) is 1.29. The molecule has 1 aromatic heterocycles. The fraction of sp³-hybridized carbons (Fsp3) is 0.583. The Hall–Kier alpha value is -1.25. The van der Waals surface area contributed by atoms with E-state index in [1.165, 1.54) is 24.8 Å². The molecule has 0 aromatic carbocycles. The van der Waals surface area contributed by atoms with Crippen LogP contribution in [0.25, 0.3) is 0 Å². The lowest BCUT2D eigenvalue weighted by Crippen LogP contribution is -2.44. The van der Waals surface area contributed by atoms with Gasteiger partial charge in [0.1, 0.15) is 11.8 Å². The number of hydrogen-bond donors (Lipinski definition) is 0. The van der Waals surface area contributed by atoms with Gasteiger partial charge in [0.2, 0.25) is 5.88 Å². The summed E-state index contributed by atoms with van der Waals surface area (Å²) in [4.78, 5) is 6.71. The SMILES string of the molecule is Cc1cnc2c(c1)N(C)C1CCCC1O2. The van der Waals surface area contributed by atoms with Crippen molar-refractivity contribution in [2.24, 2.45) is 0 Å². The molecule has 15 heavy (non-hydrogen) atoms. The molecule has 2 unspecified atom stereocenters. The highest BCUT2D eigenvalue weighted by Gasteiger charge is 2.37. The van der Waals surface area contributed by atoms with E-state index in [0.717, 1.165) is 11.6 Å². The largest absolute Gasteiger partial charge is 0.471 e. The Labute approximate surface area is 90.1 Å². The number of hydrogen-bond acceptors (Lipinski definition) is 3. The van der Waals surface area contributed by atoms with E-state index < -0.39 is 0 Å². The molecule has 3 heteroatoms. The van der Waals surface area contributed by atoms with E-state index in [9.17, 15) is 0 Å². The maximum atomic E-state index is 5.93. The Morgan fingerprint density at radius 2 is 2.33 bits per heavy atom. The second kappa shape index (κ2) is 3.12. The molecule has 0 N–H and O–H groups in total. The Morgan fingerprint density at radius 3 is 3.20 bits per heavy atom. The first kappa shape index (κ1) is 9.01.